The zero-order valence-electron chi connectivity index (χ0n) is 7.76. The van der Waals surface area contributed by atoms with Gasteiger partial charge in [0.25, 0.3) is 0 Å². The summed E-state index contributed by atoms with van der Waals surface area (Å²) in [5.41, 5.74) is 0. The lowest BCUT2D eigenvalue weighted by Crippen LogP contribution is -2.25. The number of nitrogens with one attached hydrogen (secondary N) is 1. The highest BCUT2D eigenvalue weighted by atomic mass is 16.5. The zero-order valence-corrected chi connectivity index (χ0v) is 7.76. The summed E-state index contributed by atoms with van der Waals surface area (Å²) in [5.74, 6) is 0.0351. The quantitative estimate of drug-likeness (QED) is 0.561. The average molecular weight is 175 g/mol. The van der Waals surface area contributed by atoms with E-state index < -0.39 is 0 Å². The van der Waals surface area contributed by atoms with E-state index in [1.807, 2.05) is 0 Å². The van der Waals surface area contributed by atoms with Crippen LogP contribution in [0.5, 0.6) is 0 Å². The third kappa shape index (κ3) is 7.50. The maximum atomic E-state index is 10.9. The second-order valence-electron chi connectivity index (χ2n) is 2.44. The number of ether oxygens (including phenoxy) is 2. The molecule has 0 atom stereocenters. The molecular formula is C8H17NO3. The van der Waals surface area contributed by atoms with Crippen LogP contribution >= 0.6 is 0 Å². The van der Waals surface area contributed by atoms with Crippen LogP contribution in [0.3, 0.4) is 0 Å². The number of carbonyl (C=O) groups is 1. The fraction of sp³-hybridized carbons (Fsp3) is 0.875. The van der Waals surface area contributed by atoms with Gasteiger partial charge in [-0.1, -0.05) is 0 Å². The zero-order chi connectivity index (χ0) is 9.23. The van der Waals surface area contributed by atoms with Crippen molar-refractivity contribution >= 4 is 5.91 Å². The Kier molecular flexibility index (Phi) is 8.05. The molecule has 0 saturated heterocycles. The molecule has 0 aliphatic carbocycles. The Balaban J connectivity index is 3.08. The van der Waals surface area contributed by atoms with Crippen molar-refractivity contribution in [2.24, 2.45) is 0 Å². The molecule has 0 aromatic heterocycles. The maximum absolute atomic E-state index is 10.9. The molecule has 4 nitrogen and oxygen atoms in total. The third-order valence-electron chi connectivity index (χ3n) is 1.38. The molecule has 0 unspecified atom stereocenters. The monoisotopic (exact) mass is 175 g/mol. The maximum Gasteiger partial charge on any atom is 0.222 e. The number of amides is 1. The normalized spacial score (nSPS) is 9.83. The highest BCUT2D eigenvalue weighted by Gasteiger charge is 1.98. The minimum absolute atomic E-state index is 0.0351. The van der Waals surface area contributed by atoms with Gasteiger partial charge in [0.05, 0.1) is 6.61 Å². The fourth-order valence-electron chi connectivity index (χ4n) is 0.727. The highest BCUT2D eigenvalue weighted by molar-refractivity contribution is 5.75. The van der Waals surface area contributed by atoms with Gasteiger partial charge in [-0.25, -0.2) is 0 Å². The minimum Gasteiger partial charge on any atom is -0.385 e. The average Bonchev–Trinajstić information content (AvgIpc) is 2.09. The van der Waals surface area contributed by atoms with Crippen molar-refractivity contribution in [3.63, 3.8) is 0 Å². The van der Waals surface area contributed by atoms with Crippen LogP contribution in [-0.4, -0.2) is 39.9 Å². The number of methoxy groups -OCH3 is 2. The summed E-state index contributed by atoms with van der Waals surface area (Å²) in [6.07, 6.45) is 1.29. The molecule has 1 amide bonds. The van der Waals surface area contributed by atoms with Crippen LogP contribution in [0.1, 0.15) is 12.8 Å². The van der Waals surface area contributed by atoms with E-state index in [4.69, 9.17) is 9.47 Å². The molecule has 0 fully saturated rings. The van der Waals surface area contributed by atoms with Crippen LogP contribution in [0.4, 0.5) is 0 Å². The minimum atomic E-state index is 0.0351. The van der Waals surface area contributed by atoms with Gasteiger partial charge in [-0.05, 0) is 6.42 Å². The summed E-state index contributed by atoms with van der Waals surface area (Å²) in [6.45, 7) is 1.84. The van der Waals surface area contributed by atoms with Crippen molar-refractivity contribution < 1.29 is 14.3 Å². The number of hydrogen-bond acceptors (Lipinski definition) is 3. The summed E-state index contributed by atoms with van der Waals surface area (Å²) in [4.78, 5) is 10.9. The van der Waals surface area contributed by atoms with Gasteiger partial charge in [0, 0.05) is 33.8 Å². The summed E-state index contributed by atoms with van der Waals surface area (Å²) in [7, 11) is 3.23. The summed E-state index contributed by atoms with van der Waals surface area (Å²) in [5, 5.41) is 2.75. The smallest absolute Gasteiger partial charge is 0.222 e. The molecule has 0 aromatic carbocycles. The van der Waals surface area contributed by atoms with Crippen LogP contribution in [0.15, 0.2) is 0 Å². The molecule has 0 aromatic rings. The second-order valence-corrected chi connectivity index (χ2v) is 2.44. The Morgan fingerprint density at radius 1 is 1.25 bits per heavy atom. The number of carbonyl (C=O) groups excluding carboxylic acids is 1. The molecule has 4 heteroatoms. The van der Waals surface area contributed by atoms with Crippen molar-refractivity contribution in [3.05, 3.63) is 0 Å². The summed E-state index contributed by atoms with van der Waals surface area (Å²) < 4.78 is 9.58. The van der Waals surface area contributed by atoms with E-state index in [1.165, 1.54) is 0 Å². The molecule has 72 valence electrons. The van der Waals surface area contributed by atoms with Gasteiger partial charge in [-0.15, -0.1) is 0 Å². The van der Waals surface area contributed by atoms with Crippen molar-refractivity contribution in [1.29, 1.82) is 0 Å². The van der Waals surface area contributed by atoms with Crippen molar-refractivity contribution in [1.82, 2.24) is 5.32 Å². The fourth-order valence-corrected chi connectivity index (χ4v) is 0.727. The molecule has 0 aliphatic rings. The van der Waals surface area contributed by atoms with Crippen LogP contribution in [0.25, 0.3) is 0 Å². The van der Waals surface area contributed by atoms with E-state index in [9.17, 15) is 4.79 Å². The Hall–Kier alpha value is -0.610. The van der Waals surface area contributed by atoms with Crippen LogP contribution in [0.2, 0.25) is 0 Å². The molecule has 0 aliphatic heterocycles. The first kappa shape index (κ1) is 11.4. The highest BCUT2D eigenvalue weighted by Crippen LogP contribution is 1.82. The lowest BCUT2D eigenvalue weighted by molar-refractivity contribution is -0.121. The van der Waals surface area contributed by atoms with Crippen molar-refractivity contribution in [2.45, 2.75) is 12.8 Å². The van der Waals surface area contributed by atoms with Gasteiger partial charge in [0.2, 0.25) is 5.91 Å². The largest absolute Gasteiger partial charge is 0.385 e. The van der Waals surface area contributed by atoms with Gasteiger partial charge in [0.15, 0.2) is 0 Å². The summed E-state index contributed by atoms with van der Waals surface area (Å²) in [6, 6.07) is 0. The van der Waals surface area contributed by atoms with E-state index in [2.05, 4.69) is 5.32 Å². The lowest BCUT2D eigenvalue weighted by Gasteiger charge is -2.03. The SMILES string of the molecule is COCCCNC(=O)CCOC. The molecule has 12 heavy (non-hydrogen) atoms. The lowest BCUT2D eigenvalue weighted by atomic mass is 10.4. The van der Waals surface area contributed by atoms with Gasteiger partial charge < -0.3 is 14.8 Å². The van der Waals surface area contributed by atoms with Crippen molar-refractivity contribution in [3.8, 4) is 0 Å². The van der Waals surface area contributed by atoms with E-state index in [0.29, 0.717) is 26.2 Å². The molecule has 0 saturated carbocycles. The van der Waals surface area contributed by atoms with Gasteiger partial charge in [0.1, 0.15) is 0 Å². The van der Waals surface area contributed by atoms with E-state index in [1.54, 1.807) is 14.2 Å². The van der Waals surface area contributed by atoms with Crippen LogP contribution in [0, 0.1) is 0 Å². The van der Waals surface area contributed by atoms with Gasteiger partial charge in [-0.3, -0.25) is 4.79 Å². The van der Waals surface area contributed by atoms with Crippen LogP contribution in [-0.2, 0) is 14.3 Å². The Bertz CT molecular complexity index is 117. The van der Waals surface area contributed by atoms with Crippen LogP contribution < -0.4 is 5.32 Å². The molecular weight excluding hydrogens is 158 g/mol. The predicted molar refractivity (Wildman–Crippen MR) is 46.0 cm³/mol. The molecule has 0 spiro atoms. The van der Waals surface area contributed by atoms with Gasteiger partial charge >= 0.3 is 0 Å². The molecule has 0 radical (unpaired) electrons. The molecule has 0 bridgehead atoms. The van der Waals surface area contributed by atoms with Crippen molar-refractivity contribution in [2.75, 3.05) is 34.0 Å². The van der Waals surface area contributed by atoms with E-state index in [-0.39, 0.29) is 5.91 Å². The Morgan fingerprint density at radius 2 is 1.92 bits per heavy atom. The molecule has 0 rings (SSSR count). The second kappa shape index (κ2) is 8.49. The van der Waals surface area contributed by atoms with Gasteiger partial charge in [-0.2, -0.15) is 0 Å². The number of rotatable bonds is 7. The van der Waals surface area contributed by atoms with E-state index in [0.717, 1.165) is 6.42 Å². The molecule has 0 heterocycles. The summed E-state index contributed by atoms with van der Waals surface area (Å²) >= 11 is 0. The first-order valence-electron chi connectivity index (χ1n) is 4.06. The number of hydrogen-bond donors (Lipinski definition) is 1. The predicted octanol–water partition coefficient (Wildman–Crippen LogP) is 0.176. The first-order valence-corrected chi connectivity index (χ1v) is 4.06. The Morgan fingerprint density at radius 3 is 2.50 bits per heavy atom. The van der Waals surface area contributed by atoms with E-state index >= 15 is 0 Å². The first-order chi connectivity index (χ1) is 5.81. The Labute approximate surface area is 73.2 Å². The third-order valence-corrected chi connectivity index (χ3v) is 1.38. The molecule has 1 N–H and O–H groups in total. The topological polar surface area (TPSA) is 47.6 Å². The standard InChI is InChI=1S/C8H17NO3/c1-11-6-3-5-9-8(10)4-7-12-2/h3-7H2,1-2H3,(H,9,10).